The molecule has 1 heterocycles. The predicted molar refractivity (Wildman–Crippen MR) is 68.7 cm³/mol. The molecule has 0 aromatic heterocycles. The third kappa shape index (κ3) is 2.87. The topological polar surface area (TPSA) is 49.8 Å². The van der Waals surface area contributed by atoms with E-state index in [4.69, 9.17) is 4.74 Å². The molecule has 4 nitrogen and oxygen atoms in total. The normalized spacial score (nSPS) is 16.7. The SMILES string of the molecule is COC1CCN(C(=O)c2cc(C)c(O)cc2F)CC1. The number of phenols is 1. The Bertz CT molecular complexity index is 482. The van der Waals surface area contributed by atoms with Crippen LogP contribution in [0.2, 0.25) is 0 Å². The van der Waals surface area contributed by atoms with E-state index in [-0.39, 0.29) is 23.3 Å². The van der Waals surface area contributed by atoms with E-state index in [1.165, 1.54) is 6.07 Å². The van der Waals surface area contributed by atoms with Crippen LogP contribution in [0.3, 0.4) is 0 Å². The molecule has 1 aliphatic heterocycles. The van der Waals surface area contributed by atoms with Crippen LogP contribution in [0.4, 0.5) is 4.39 Å². The van der Waals surface area contributed by atoms with Crippen molar-refractivity contribution in [1.82, 2.24) is 4.90 Å². The molecular weight excluding hydrogens is 249 g/mol. The molecule has 104 valence electrons. The number of carbonyl (C=O) groups excluding carboxylic acids is 1. The van der Waals surface area contributed by atoms with Gasteiger partial charge in [0, 0.05) is 26.3 Å². The van der Waals surface area contributed by atoms with Crippen LogP contribution in [0.5, 0.6) is 5.75 Å². The fourth-order valence-corrected chi connectivity index (χ4v) is 2.30. The molecule has 1 aromatic rings. The molecule has 1 amide bonds. The number of hydrogen-bond acceptors (Lipinski definition) is 3. The first kappa shape index (κ1) is 13.8. The monoisotopic (exact) mass is 267 g/mol. The van der Waals surface area contributed by atoms with E-state index in [1.54, 1.807) is 18.9 Å². The lowest BCUT2D eigenvalue weighted by Crippen LogP contribution is -2.40. The van der Waals surface area contributed by atoms with Gasteiger partial charge in [0.15, 0.2) is 0 Å². The fraction of sp³-hybridized carbons (Fsp3) is 0.500. The minimum atomic E-state index is -0.679. The predicted octanol–water partition coefficient (Wildman–Crippen LogP) is 2.09. The van der Waals surface area contributed by atoms with E-state index in [9.17, 15) is 14.3 Å². The summed E-state index contributed by atoms with van der Waals surface area (Å²) in [5.74, 6) is -1.13. The number of ether oxygens (including phenoxy) is 1. The van der Waals surface area contributed by atoms with E-state index in [0.29, 0.717) is 18.7 Å². The van der Waals surface area contributed by atoms with Gasteiger partial charge in [-0.15, -0.1) is 0 Å². The lowest BCUT2D eigenvalue weighted by atomic mass is 10.0. The Kier molecular flexibility index (Phi) is 4.04. The standard InChI is InChI=1S/C14H18FNO3/c1-9-7-11(12(15)8-13(9)17)14(18)16-5-3-10(19-2)4-6-16/h7-8,10,17H,3-6H2,1-2H3. The molecule has 1 aromatic carbocycles. The molecule has 1 fully saturated rings. The van der Waals surface area contributed by atoms with Crippen LogP contribution in [-0.4, -0.2) is 42.2 Å². The van der Waals surface area contributed by atoms with Gasteiger partial charge >= 0.3 is 0 Å². The van der Waals surface area contributed by atoms with Crippen LogP contribution in [0.25, 0.3) is 0 Å². The fourth-order valence-electron chi connectivity index (χ4n) is 2.30. The number of aromatic hydroxyl groups is 1. The summed E-state index contributed by atoms with van der Waals surface area (Å²) >= 11 is 0. The number of aryl methyl sites for hydroxylation is 1. The van der Waals surface area contributed by atoms with Crippen LogP contribution in [-0.2, 0) is 4.74 Å². The van der Waals surface area contributed by atoms with Crippen molar-refractivity contribution >= 4 is 5.91 Å². The zero-order chi connectivity index (χ0) is 14.0. The molecule has 1 N–H and O–H groups in total. The smallest absolute Gasteiger partial charge is 0.256 e. The number of methoxy groups -OCH3 is 1. The number of hydrogen-bond donors (Lipinski definition) is 1. The van der Waals surface area contributed by atoms with Gasteiger partial charge in [0.1, 0.15) is 11.6 Å². The maximum absolute atomic E-state index is 13.7. The largest absolute Gasteiger partial charge is 0.508 e. The summed E-state index contributed by atoms with van der Waals surface area (Å²) in [6.07, 6.45) is 1.71. The first-order chi connectivity index (χ1) is 9.02. The van der Waals surface area contributed by atoms with Gasteiger partial charge < -0.3 is 14.7 Å². The molecule has 0 spiro atoms. The van der Waals surface area contributed by atoms with Crippen LogP contribution in [0.15, 0.2) is 12.1 Å². The molecule has 0 unspecified atom stereocenters. The number of nitrogens with zero attached hydrogens (tertiary/aromatic N) is 1. The highest BCUT2D eigenvalue weighted by atomic mass is 19.1. The Labute approximate surface area is 111 Å². The van der Waals surface area contributed by atoms with Gasteiger partial charge in [0.05, 0.1) is 11.7 Å². The number of phenolic OH excluding ortho intramolecular Hbond substituents is 1. The minimum Gasteiger partial charge on any atom is -0.508 e. The zero-order valence-electron chi connectivity index (χ0n) is 11.1. The van der Waals surface area contributed by atoms with Crippen molar-refractivity contribution in [3.63, 3.8) is 0 Å². The lowest BCUT2D eigenvalue weighted by molar-refractivity contribution is 0.0348. The number of amides is 1. The molecular formula is C14H18FNO3. The highest BCUT2D eigenvalue weighted by Crippen LogP contribution is 2.23. The molecule has 0 radical (unpaired) electrons. The second kappa shape index (κ2) is 5.57. The summed E-state index contributed by atoms with van der Waals surface area (Å²) in [6, 6.07) is 2.39. The Morgan fingerprint density at radius 2 is 2.05 bits per heavy atom. The Morgan fingerprint density at radius 3 is 2.63 bits per heavy atom. The van der Waals surface area contributed by atoms with Crippen molar-refractivity contribution in [2.45, 2.75) is 25.9 Å². The van der Waals surface area contributed by atoms with E-state index < -0.39 is 5.82 Å². The molecule has 0 aliphatic carbocycles. The second-order valence-electron chi connectivity index (χ2n) is 4.85. The zero-order valence-corrected chi connectivity index (χ0v) is 11.1. The number of benzene rings is 1. The van der Waals surface area contributed by atoms with Gasteiger partial charge in [0.25, 0.3) is 5.91 Å². The maximum Gasteiger partial charge on any atom is 0.256 e. The highest BCUT2D eigenvalue weighted by molar-refractivity contribution is 5.95. The average molecular weight is 267 g/mol. The summed E-state index contributed by atoms with van der Waals surface area (Å²) in [6.45, 7) is 2.77. The Morgan fingerprint density at radius 1 is 1.42 bits per heavy atom. The minimum absolute atomic E-state index is 0.0196. The average Bonchev–Trinajstić information content (AvgIpc) is 2.42. The van der Waals surface area contributed by atoms with Crippen LogP contribution in [0.1, 0.15) is 28.8 Å². The first-order valence-electron chi connectivity index (χ1n) is 6.34. The van der Waals surface area contributed by atoms with Crippen molar-refractivity contribution in [3.05, 3.63) is 29.1 Å². The summed E-state index contributed by atoms with van der Waals surface area (Å²) in [4.78, 5) is 13.9. The summed E-state index contributed by atoms with van der Waals surface area (Å²) in [7, 11) is 1.66. The molecule has 1 saturated heterocycles. The summed E-state index contributed by atoms with van der Waals surface area (Å²) in [5, 5.41) is 9.40. The molecule has 2 rings (SSSR count). The van der Waals surface area contributed by atoms with Crippen molar-refractivity contribution in [2.24, 2.45) is 0 Å². The van der Waals surface area contributed by atoms with Gasteiger partial charge in [-0.05, 0) is 31.4 Å². The highest BCUT2D eigenvalue weighted by Gasteiger charge is 2.25. The summed E-state index contributed by atoms with van der Waals surface area (Å²) < 4.78 is 19.0. The van der Waals surface area contributed by atoms with E-state index in [0.717, 1.165) is 18.9 Å². The number of carbonyl (C=O) groups is 1. The maximum atomic E-state index is 13.7. The second-order valence-corrected chi connectivity index (χ2v) is 4.85. The van der Waals surface area contributed by atoms with Gasteiger partial charge in [-0.1, -0.05) is 0 Å². The number of likely N-dealkylation sites (tertiary alicyclic amines) is 1. The molecule has 5 heteroatoms. The van der Waals surface area contributed by atoms with Gasteiger partial charge in [0.2, 0.25) is 0 Å². The van der Waals surface area contributed by atoms with Crippen molar-refractivity contribution < 1.29 is 19.0 Å². The quantitative estimate of drug-likeness (QED) is 0.892. The van der Waals surface area contributed by atoms with Crippen LogP contribution >= 0.6 is 0 Å². The number of halogens is 1. The van der Waals surface area contributed by atoms with E-state index in [1.807, 2.05) is 0 Å². The van der Waals surface area contributed by atoms with Gasteiger partial charge in [-0.3, -0.25) is 4.79 Å². The molecule has 1 aliphatic rings. The van der Waals surface area contributed by atoms with Crippen LogP contribution in [0, 0.1) is 12.7 Å². The number of piperidine rings is 1. The Hall–Kier alpha value is -1.62. The van der Waals surface area contributed by atoms with Gasteiger partial charge in [-0.25, -0.2) is 4.39 Å². The third-order valence-electron chi connectivity index (χ3n) is 3.58. The molecule has 0 saturated carbocycles. The van der Waals surface area contributed by atoms with E-state index in [2.05, 4.69) is 0 Å². The molecule has 0 bridgehead atoms. The summed E-state index contributed by atoms with van der Waals surface area (Å²) in [5.41, 5.74) is 0.516. The first-order valence-corrected chi connectivity index (χ1v) is 6.34. The molecule has 0 atom stereocenters. The van der Waals surface area contributed by atoms with Gasteiger partial charge in [-0.2, -0.15) is 0 Å². The van der Waals surface area contributed by atoms with Crippen molar-refractivity contribution in [1.29, 1.82) is 0 Å². The van der Waals surface area contributed by atoms with E-state index >= 15 is 0 Å². The van der Waals surface area contributed by atoms with Crippen LogP contribution < -0.4 is 0 Å². The third-order valence-corrected chi connectivity index (χ3v) is 3.58. The Balaban J connectivity index is 2.14. The van der Waals surface area contributed by atoms with Crippen molar-refractivity contribution in [2.75, 3.05) is 20.2 Å². The molecule has 19 heavy (non-hydrogen) atoms. The lowest BCUT2D eigenvalue weighted by Gasteiger charge is -2.31. The van der Waals surface area contributed by atoms with Crippen molar-refractivity contribution in [3.8, 4) is 5.75 Å². The number of rotatable bonds is 2.